The highest BCUT2D eigenvalue weighted by atomic mass is 35.5. The Bertz CT molecular complexity index is 556. The summed E-state index contributed by atoms with van der Waals surface area (Å²) in [5, 5.41) is 11.8. The van der Waals surface area contributed by atoms with Gasteiger partial charge in [0, 0.05) is 10.0 Å². The topological polar surface area (TPSA) is 42.2 Å². The van der Waals surface area contributed by atoms with Gasteiger partial charge in [0.1, 0.15) is 0 Å². The van der Waals surface area contributed by atoms with E-state index < -0.39 is 0 Å². The van der Waals surface area contributed by atoms with Gasteiger partial charge in [0.2, 0.25) is 5.88 Å². The number of halogens is 2. The van der Waals surface area contributed by atoms with Gasteiger partial charge in [-0.2, -0.15) is 0 Å². The van der Waals surface area contributed by atoms with Gasteiger partial charge in [-0.05, 0) is 23.8 Å². The van der Waals surface area contributed by atoms with Crippen LogP contribution in [-0.4, -0.2) is 9.67 Å². The third-order valence-corrected chi connectivity index (χ3v) is 3.21. The predicted octanol–water partition coefficient (Wildman–Crippen LogP) is 2.97. The molecule has 0 amide bonds. The van der Waals surface area contributed by atoms with Crippen molar-refractivity contribution < 1.29 is 5.11 Å². The fourth-order valence-electron chi connectivity index (χ4n) is 1.35. The minimum atomic E-state index is -0.214. The lowest BCUT2D eigenvalue weighted by molar-refractivity contribution is 0.421. The number of nitrogens with zero attached hydrogens (tertiary/aromatic N) is 1. The first-order chi connectivity index (χ1) is 7.56. The van der Waals surface area contributed by atoms with Gasteiger partial charge in [-0.25, -0.2) is 0 Å². The highest BCUT2D eigenvalue weighted by Crippen LogP contribution is 2.20. The van der Waals surface area contributed by atoms with Crippen LogP contribution in [0.4, 0.5) is 0 Å². The molecular weight excluding hydrogens is 269 g/mol. The molecule has 0 atom stereocenters. The monoisotopic (exact) mass is 275 g/mol. The average Bonchev–Trinajstić information content (AvgIpc) is 2.48. The Morgan fingerprint density at radius 3 is 2.38 bits per heavy atom. The zero-order valence-corrected chi connectivity index (χ0v) is 10.3. The summed E-state index contributed by atoms with van der Waals surface area (Å²) in [5.41, 5.74) is 0.772. The molecule has 6 heteroatoms. The third-order valence-electron chi connectivity index (χ3n) is 2.03. The summed E-state index contributed by atoms with van der Waals surface area (Å²) in [5.74, 6) is -0.0499. The molecule has 1 aromatic heterocycles. The molecule has 0 unspecified atom stereocenters. The first-order valence-electron chi connectivity index (χ1n) is 4.38. The smallest absolute Gasteiger partial charge is 0.310 e. The summed E-state index contributed by atoms with van der Waals surface area (Å²) < 4.78 is 1.26. The van der Waals surface area contributed by atoms with Crippen LogP contribution in [0, 0.1) is 0 Å². The average molecular weight is 276 g/mol. The zero-order chi connectivity index (χ0) is 11.7. The first kappa shape index (κ1) is 11.5. The van der Waals surface area contributed by atoms with E-state index in [1.807, 2.05) is 0 Å². The van der Waals surface area contributed by atoms with Crippen LogP contribution in [-0.2, 0) is 6.54 Å². The van der Waals surface area contributed by atoms with Crippen LogP contribution in [0.1, 0.15) is 5.56 Å². The van der Waals surface area contributed by atoms with Gasteiger partial charge in [-0.1, -0.05) is 34.5 Å². The fourth-order valence-corrected chi connectivity index (χ4v) is 2.54. The van der Waals surface area contributed by atoms with Gasteiger partial charge in [0.05, 0.1) is 11.9 Å². The van der Waals surface area contributed by atoms with E-state index in [0.29, 0.717) is 10.0 Å². The molecule has 0 saturated carbocycles. The number of thiazole rings is 1. The van der Waals surface area contributed by atoms with E-state index in [2.05, 4.69) is 0 Å². The molecule has 84 valence electrons. The summed E-state index contributed by atoms with van der Waals surface area (Å²) in [4.78, 5) is 11.2. The Morgan fingerprint density at radius 1 is 1.25 bits per heavy atom. The van der Waals surface area contributed by atoms with Crippen molar-refractivity contribution in [1.82, 2.24) is 4.57 Å². The van der Waals surface area contributed by atoms with Gasteiger partial charge in [0.15, 0.2) is 0 Å². The quantitative estimate of drug-likeness (QED) is 0.916. The van der Waals surface area contributed by atoms with Gasteiger partial charge < -0.3 is 5.11 Å². The second-order valence-electron chi connectivity index (χ2n) is 3.22. The van der Waals surface area contributed by atoms with E-state index in [0.717, 1.165) is 16.9 Å². The molecule has 16 heavy (non-hydrogen) atoms. The molecule has 0 bridgehead atoms. The summed E-state index contributed by atoms with van der Waals surface area (Å²) >= 11 is 12.6. The Morgan fingerprint density at radius 2 is 1.88 bits per heavy atom. The minimum Gasteiger partial charge on any atom is -0.494 e. The van der Waals surface area contributed by atoms with Crippen LogP contribution in [0.2, 0.25) is 10.0 Å². The van der Waals surface area contributed by atoms with Gasteiger partial charge in [0.25, 0.3) is 0 Å². The van der Waals surface area contributed by atoms with Crippen LogP contribution in [0.5, 0.6) is 5.88 Å². The lowest BCUT2D eigenvalue weighted by Crippen LogP contribution is -2.13. The molecule has 0 radical (unpaired) electrons. The Labute approximate surface area is 105 Å². The second kappa shape index (κ2) is 4.49. The van der Waals surface area contributed by atoms with E-state index in [1.54, 1.807) is 18.2 Å². The molecule has 0 fully saturated rings. The molecule has 0 saturated heterocycles. The second-order valence-corrected chi connectivity index (χ2v) is 4.92. The molecule has 1 aromatic carbocycles. The van der Waals surface area contributed by atoms with Crippen molar-refractivity contribution in [3.05, 3.63) is 48.9 Å². The van der Waals surface area contributed by atoms with Crippen molar-refractivity contribution in [2.45, 2.75) is 6.54 Å². The van der Waals surface area contributed by atoms with E-state index in [-0.39, 0.29) is 17.3 Å². The van der Waals surface area contributed by atoms with Crippen molar-refractivity contribution in [3.63, 3.8) is 0 Å². The van der Waals surface area contributed by atoms with Crippen molar-refractivity contribution >= 4 is 34.5 Å². The van der Waals surface area contributed by atoms with Crippen LogP contribution in [0.25, 0.3) is 0 Å². The molecular formula is C10H7Cl2NO2S. The van der Waals surface area contributed by atoms with Crippen LogP contribution >= 0.6 is 34.5 Å². The Balaban J connectivity index is 2.37. The number of rotatable bonds is 2. The number of hydrogen-bond donors (Lipinski definition) is 1. The number of aromatic nitrogens is 1. The van der Waals surface area contributed by atoms with E-state index in [4.69, 9.17) is 23.2 Å². The lowest BCUT2D eigenvalue weighted by Gasteiger charge is -2.04. The molecule has 0 aliphatic heterocycles. The molecule has 3 nitrogen and oxygen atoms in total. The predicted molar refractivity (Wildman–Crippen MR) is 65.8 cm³/mol. The standard InChI is InChI=1S/C10H7Cl2NO2S/c11-7-1-6(2-8(12)3-7)4-13-9(14)5-16-10(13)15/h1-3,5,14H,4H2. The van der Waals surface area contributed by atoms with Crippen LogP contribution in [0.3, 0.4) is 0 Å². The zero-order valence-electron chi connectivity index (χ0n) is 7.98. The molecule has 2 aromatic rings. The first-order valence-corrected chi connectivity index (χ1v) is 6.02. The molecule has 0 aliphatic rings. The number of aromatic hydroxyl groups is 1. The lowest BCUT2D eigenvalue weighted by atomic mass is 10.2. The molecule has 2 rings (SSSR count). The largest absolute Gasteiger partial charge is 0.494 e. The van der Waals surface area contributed by atoms with Crippen molar-refractivity contribution in [3.8, 4) is 5.88 Å². The summed E-state index contributed by atoms with van der Waals surface area (Å²) in [6.45, 7) is 0.258. The molecule has 1 heterocycles. The highest BCUT2D eigenvalue weighted by molar-refractivity contribution is 7.07. The fraction of sp³-hybridized carbons (Fsp3) is 0.100. The molecule has 0 aliphatic carbocycles. The summed E-state index contributed by atoms with van der Waals surface area (Å²) in [7, 11) is 0. The van der Waals surface area contributed by atoms with Crippen molar-refractivity contribution in [1.29, 1.82) is 0 Å². The Kier molecular flexibility index (Phi) is 3.23. The van der Waals surface area contributed by atoms with Gasteiger partial charge in [-0.3, -0.25) is 9.36 Å². The van der Waals surface area contributed by atoms with E-state index in [1.165, 1.54) is 9.95 Å². The maximum absolute atomic E-state index is 11.4. The van der Waals surface area contributed by atoms with Gasteiger partial charge >= 0.3 is 4.87 Å². The molecule has 1 N–H and O–H groups in total. The van der Waals surface area contributed by atoms with Crippen LogP contribution in [0.15, 0.2) is 28.4 Å². The maximum atomic E-state index is 11.4. The summed E-state index contributed by atoms with van der Waals surface area (Å²) in [6.07, 6.45) is 0. The normalized spacial score (nSPS) is 10.6. The summed E-state index contributed by atoms with van der Waals surface area (Å²) in [6, 6.07) is 5.02. The van der Waals surface area contributed by atoms with Crippen molar-refractivity contribution in [2.75, 3.05) is 0 Å². The van der Waals surface area contributed by atoms with Crippen LogP contribution < -0.4 is 4.87 Å². The number of hydrogen-bond acceptors (Lipinski definition) is 3. The minimum absolute atomic E-state index is 0.0499. The third kappa shape index (κ3) is 2.40. The molecule has 0 spiro atoms. The van der Waals surface area contributed by atoms with Crippen molar-refractivity contribution in [2.24, 2.45) is 0 Å². The SMILES string of the molecule is O=c1scc(O)n1Cc1cc(Cl)cc(Cl)c1. The highest BCUT2D eigenvalue weighted by Gasteiger charge is 2.06. The maximum Gasteiger partial charge on any atom is 0.310 e. The van der Waals surface area contributed by atoms with E-state index >= 15 is 0 Å². The van der Waals surface area contributed by atoms with Gasteiger partial charge in [-0.15, -0.1) is 0 Å². The Hall–Kier alpha value is -0.970. The van der Waals surface area contributed by atoms with E-state index in [9.17, 15) is 9.90 Å². The number of benzene rings is 1.